The van der Waals surface area contributed by atoms with Gasteiger partial charge in [0.25, 0.3) is 0 Å². The van der Waals surface area contributed by atoms with Crippen LogP contribution in [-0.2, 0) is 14.3 Å². The van der Waals surface area contributed by atoms with Crippen LogP contribution in [0.2, 0.25) is 0 Å². The van der Waals surface area contributed by atoms with Crippen LogP contribution in [0.5, 0.6) is 0 Å². The predicted octanol–water partition coefficient (Wildman–Crippen LogP) is 3.83. The Labute approximate surface area is 126 Å². The number of halogens is 3. The van der Waals surface area contributed by atoms with Gasteiger partial charge in [-0.05, 0) is 49.3 Å². The van der Waals surface area contributed by atoms with E-state index < -0.39 is 23.4 Å². The SMILES string of the molecule is C=CC(=O)OCOC1CCC(c2cc(F)c(F)c(F)c2)CC1. The van der Waals surface area contributed by atoms with Crippen molar-refractivity contribution in [1.82, 2.24) is 0 Å². The number of carbonyl (C=O) groups is 1. The van der Waals surface area contributed by atoms with Crippen LogP contribution in [0.3, 0.4) is 0 Å². The molecule has 1 aromatic carbocycles. The molecule has 1 aliphatic rings. The summed E-state index contributed by atoms with van der Waals surface area (Å²) < 4.78 is 49.6. The molecule has 0 saturated heterocycles. The maximum atomic E-state index is 13.3. The third-order valence-corrected chi connectivity index (χ3v) is 3.82. The van der Waals surface area contributed by atoms with E-state index in [9.17, 15) is 18.0 Å². The van der Waals surface area contributed by atoms with Gasteiger partial charge in [0.05, 0.1) is 6.10 Å². The van der Waals surface area contributed by atoms with Crippen molar-refractivity contribution >= 4 is 5.97 Å². The Morgan fingerprint density at radius 2 is 1.77 bits per heavy atom. The fraction of sp³-hybridized carbons (Fsp3) is 0.438. The highest BCUT2D eigenvalue weighted by molar-refractivity contribution is 5.81. The van der Waals surface area contributed by atoms with E-state index in [2.05, 4.69) is 6.58 Å². The number of esters is 1. The number of hydrogen-bond acceptors (Lipinski definition) is 3. The van der Waals surface area contributed by atoms with Gasteiger partial charge in [-0.15, -0.1) is 0 Å². The summed E-state index contributed by atoms with van der Waals surface area (Å²) in [5.41, 5.74) is 0.466. The van der Waals surface area contributed by atoms with Gasteiger partial charge in [-0.2, -0.15) is 0 Å². The van der Waals surface area contributed by atoms with Gasteiger partial charge >= 0.3 is 5.97 Å². The third kappa shape index (κ3) is 4.10. The second-order valence-electron chi connectivity index (χ2n) is 5.22. The van der Waals surface area contributed by atoms with Crippen LogP contribution < -0.4 is 0 Å². The van der Waals surface area contributed by atoms with Crippen molar-refractivity contribution in [1.29, 1.82) is 0 Å². The first-order valence-corrected chi connectivity index (χ1v) is 7.06. The minimum absolute atomic E-state index is 0.0276. The van der Waals surface area contributed by atoms with E-state index in [1.54, 1.807) is 0 Å². The molecule has 1 aliphatic carbocycles. The van der Waals surface area contributed by atoms with Gasteiger partial charge < -0.3 is 9.47 Å². The van der Waals surface area contributed by atoms with Gasteiger partial charge in [0, 0.05) is 6.08 Å². The van der Waals surface area contributed by atoms with Crippen LogP contribution in [0.1, 0.15) is 37.2 Å². The van der Waals surface area contributed by atoms with E-state index in [0.29, 0.717) is 31.2 Å². The monoisotopic (exact) mass is 314 g/mol. The summed E-state index contributed by atoms with van der Waals surface area (Å²) in [6, 6.07) is 2.10. The fourth-order valence-electron chi connectivity index (χ4n) is 2.62. The second kappa shape index (κ2) is 7.45. The Morgan fingerprint density at radius 1 is 1.18 bits per heavy atom. The van der Waals surface area contributed by atoms with Gasteiger partial charge in [0.2, 0.25) is 0 Å². The zero-order valence-corrected chi connectivity index (χ0v) is 12.0. The van der Waals surface area contributed by atoms with Gasteiger partial charge in [-0.3, -0.25) is 0 Å². The molecule has 22 heavy (non-hydrogen) atoms. The van der Waals surface area contributed by atoms with Crippen molar-refractivity contribution in [3.05, 3.63) is 47.8 Å². The minimum Gasteiger partial charge on any atom is -0.435 e. The van der Waals surface area contributed by atoms with Gasteiger partial charge in [-0.1, -0.05) is 6.58 Å². The van der Waals surface area contributed by atoms with E-state index in [1.807, 2.05) is 0 Å². The summed E-state index contributed by atoms with van der Waals surface area (Å²) in [7, 11) is 0. The molecule has 1 aromatic rings. The third-order valence-electron chi connectivity index (χ3n) is 3.82. The lowest BCUT2D eigenvalue weighted by Gasteiger charge is -2.28. The van der Waals surface area contributed by atoms with Crippen LogP contribution in [0, 0.1) is 17.5 Å². The maximum absolute atomic E-state index is 13.3. The molecule has 3 nitrogen and oxygen atoms in total. The van der Waals surface area contributed by atoms with Gasteiger partial charge in [-0.25, -0.2) is 18.0 Å². The molecule has 6 heteroatoms. The van der Waals surface area contributed by atoms with Crippen molar-refractivity contribution in [2.24, 2.45) is 0 Å². The topological polar surface area (TPSA) is 35.5 Å². The van der Waals surface area contributed by atoms with Crippen LogP contribution in [0.25, 0.3) is 0 Å². The second-order valence-corrected chi connectivity index (χ2v) is 5.22. The zero-order valence-electron chi connectivity index (χ0n) is 12.0. The van der Waals surface area contributed by atoms with E-state index in [0.717, 1.165) is 18.2 Å². The largest absolute Gasteiger partial charge is 0.435 e. The fourth-order valence-corrected chi connectivity index (χ4v) is 2.62. The summed E-state index contributed by atoms with van der Waals surface area (Å²) >= 11 is 0. The molecule has 0 radical (unpaired) electrons. The molecule has 0 aromatic heterocycles. The Balaban J connectivity index is 1.84. The Hall–Kier alpha value is -1.82. The average molecular weight is 314 g/mol. The van der Waals surface area contributed by atoms with Crippen LogP contribution >= 0.6 is 0 Å². The molecule has 1 fully saturated rings. The van der Waals surface area contributed by atoms with E-state index in [-0.39, 0.29) is 18.8 Å². The van der Waals surface area contributed by atoms with Gasteiger partial charge in [0.1, 0.15) is 0 Å². The molecule has 0 amide bonds. The van der Waals surface area contributed by atoms with Crippen LogP contribution in [-0.4, -0.2) is 18.9 Å². The predicted molar refractivity (Wildman–Crippen MR) is 73.6 cm³/mol. The summed E-state index contributed by atoms with van der Waals surface area (Å²) in [6.45, 7) is 3.13. The first kappa shape index (κ1) is 16.5. The molecule has 0 atom stereocenters. The Morgan fingerprint density at radius 3 is 2.32 bits per heavy atom. The zero-order chi connectivity index (χ0) is 16.1. The number of ether oxygens (including phenoxy) is 2. The summed E-state index contributed by atoms with van der Waals surface area (Å²) in [5, 5.41) is 0. The standard InChI is InChI=1S/C16H17F3O3/c1-2-15(20)22-9-21-12-5-3-10(4-6-12)11-7-13(17)16(19)14(18)8-11/h2,7-8,10,12H,1,3-6,9H2. The van der Waals surface area contributed by atoms with Gasteiger partial charge in [0.15, 0.2) is 24.2 Å². The average Bonchev–Trinajstić information content (AvgIpc) is 2.52. The van der Waals surface area contributed by atoms with Crippen molar-refractivity contribution in [2.45, 2.75) is 37.7 Å². The lowest BCUT2D eigenvalue weighted by molar-refractivity contribution is -0.156. The molecule has 0 unspecified atom stereocenters. The lowest BCUT2D eigenvalue weighted by Crippen LogP contribution is -2.22. The highest BCUT2D eigenvalue weighted by Gasteiger charge is 2.25. The van der Waals surface area contributed by atoms with Crippen molar-refractivity contribution in [3.63, 3.8) is 0 Å². The molecule has 2 rings (SSSR count). The van der Waals surface area contributed by atoms with Crippen LogP contribution in [0.4, 0.5) is 13.2 Å². The number of carbonyl (C=O) groups excluding carboxylic acids is 1. The summed E-state index contributed by atoms with van der Waals surface area (Å²) in [5.74, 6) is -4.34. The number of rotatable bonds is 5. The normalized spacial score (nSPS) is 21.4. The Kier molecular flexibility index (Phi) is 5.60. The van der Waals surface area contributed by atoms with Crippen molar-refractivity contribution in [2.75, 3.05) is 6.79 Å². The Bertz CT molecular complexity index is 529. The smallest absolute Gasteiger partial charge is 0.332 e. The molecule has 0 spiro atoms. The molecular formula is C16H17F3O3. The number of hydrogen-bond donors (Lipinski definition) is 0. The van der Waals surface area contributed by atoms with Crippen LogP contribution in [0.15, 0.2) is 24.8 Å². The first-order valence-electron chi connectivity index (χ1n) is 7.06. The highest BCUT2D eigenvalue weighted by atomic mass is 19.2. The molecular weight excluding hydrogens is 297 g/mol. The minimum atomic E-state index is -1.44. The van der Waals surface area contributed by atoms with Crippen molar-refractivity contribution < 1.29 is 27.4 Å². The van der Waals surface area contributed by atoms with Crippen molar-refractivity contribution in [3.8, 4) is 0 Å². The number of benzene rings is 1. The highest BCUT2D eigenvalue weighted by Crippen LogP contribution is 2.35. The molecule has 0 N–H and O–H groups in total. The van der Waals surface area contributed by atoms with E-state index in [4.69, 9.17) is 9.47 Å². The van der Waals surface area contributed by atoms with E-state index in [1.165, 1.54) is 0 Å². The van der Waals surface area contributed by atoms with E-state index >= 15 is 0 Å². The maximum Gasteiger partial charge on any atom is 0.332 e. The quantitative estimate of drug-likeness (QED) is 0.358. The molecule has 1 saturated carbocycles. The molecule has 0 bridgehead atoms. The summed E-state index contributed by atoms with van der Waals surface area (Å²) in [6.07, 6.45) is 3.69. The molecule has 0 aliphatic heterocycles. The molecule has 0 heterocycles. The molecule has 120 valence electrons. The first-order chi connectivity index (χ1) is 10.5. The lowest BCUT2D eigenvalue weighted by atomic mass is 9.82. The summed E-state index contributed by atoms with van der Waals surface area (Å²) in [4.78, 5) is 10.9.